The molecule has 0 bridgehead atoms. The number of ether oxygens (including phenoxy) is 2. The van der Waals surface area contributed by atoms with Crippen LogP contribution in [-0.4, -0.2) is 31.4 Å². The zero-order valence-corrected chi connectivity index (χ0v) is 19.8. The van der Waals surface area contributed by atoms with E-state index in [0.29, 0.717) is 6.61 Å². The molecule has 1 aliphatic carbocycles. The molecule has 0 aliphatic heterocycles. The van der Waals surface area contributed by atoms with Crippen LogP contribution in [0.4, 0.5) is 5.69 Å². The Bertz CT molecular complexity index is 736. The summed E-state index contributed by atoms with van der Waals surface area (Å²) in [5.74, 6) is 0.663. The van der Waals surface area contributed by atoms with Gasteiger partial charge < -0.3 is 14.8 Å². The van der Waals surface area contributed by atoms with E-state index in [4.69, 9.17) is 14.5 Å². The van der Waals surface area contributed by atoms with Crippen LogP contribution in [0.1, 0.15) is 79.1 Å². The van der Waals surface area contributed by atoms with Crippen molar-refractivity contribution in [3.05, 3.63) is 36.0 Å². The van der Waals surface area contributed by atoms with Crippen LogP contribution in [-0.2, 0) is 9.53 Å². The van der Waals surface area contributed by atoms with Crippen molar-refractivity contribution >= 4 is 17.4 Å². The van der Waals surface area contributed by atoms with Gasteiger partial charge in [-0.3, -0.25) is 9.79 Å². The molecule has 0 radical (unpaired) electrons. The van der Waals surface area contributed by atoms with Gasteiger partial charge in [-0.2, -0.15) is 0 Å². The minimum Gasteiger partial charge on any atom is -0.494 e. The third-order valence-electron chi connectivity index (χ3n) is 5.31. The Morgan fingerprint density at radius 1 is 1.03 bits per heavy atom. The summed E-state index contributed by atoms with van der Waals surface area (Å²) in [5.41, 5.74) is 3.05. The number of nitrogens with one attached hydrogen (secondary N) is 1. The van der Waals surface area contributed by atoms with E-state index >= 15 is 0 Å². The fraction of sp³-hybridized carbons (Fsp3) is 0.615. The van der Waals surface area contributed by atoms with Gasteiger partial charge in [0.2, 0.25) is 0 Å². The van der Waals surface area contributed by atoms with Gasteiger partial charge >= 0.3 is 5.97 Å². The first-order valence-corrected chi connectivity index (χ1v) is 11.8. The smallest absolute Gasteiger partial charge is 0.325 e. The molecule has 1 N–H and O–H groups in total. The summed E-state index contributed by atoms with van der Waals surface area (Å²) in [6.45, 7) is 9.86. The predicted molar refractivity (Wildman–Crippen MR) is 128 cm³/mol. The number of unbranched alkanes of at least 4 members (excludes halogenated alkanes) is 5. The third kappa shape index (κ3) is 10.0. The molecule has 0 aromatic heterocycles. The van der Waals surface area contributed by atoms with Crippen LogP contribution < -0.4 is 10.1 Å². The molecule has 5 heteroatoms. The number of nitrogens with zero attached hydrogens (tertiary/aromatic N) is 1. The minimum absolute atomic E-state index is 0.0881. The van der Waals surface area contributed by atoms with Crippen molar-refractivity contribution in [1.29, 1.82) is 0 Å². The van der Waals surface area contributed by atoms with E-state index in [2.05, 4.69) is 32.2 Å². The first-order valence-electron chi connectivity index (χ1n) is 11.8. The Kier molecular flexibility index (Phi) is 10.6. The van der Waals surface area contributed by atoms with Crippen molar-refractivity contribution in [2.75, 3.05) is 19.8 Å². The number of rotatable bonds is 13. The molecular formula is C26H40N2O3. The van der Waals surface area contributed by atoms with Crippen molar-refractivity contribution in [3.63, 3.8) is 0 Å². The Morgan fingerprint density at radius 3 is 2.45 bits per heavy atom. The molecule has 0 unspecified atom stereocenters. The number of esters is 1. The summed E-state index contributed by atoms with van der Waals surface area (Å²) in [6.07, 6.45) is 11.4. The van der Waals surface area contributed by atoms with E-state index in [1.165, 1.54) is 32.1 Å². The van der Waals surface area contributed by atoms with E-state index < -0.39 is 0 Å². The molecule has 0 spiro atoms. The van der Waals surface area contributed by atoms with Gasteiger partial charge in [-0.15, -0.1) is 0 Å². The zero-order valence-electron chi connectivity index (χ0n) is 19.8. The average molecular weight is 429 g/mol. The van der Waals surface area contributed by atoms with Crippen LogP contribution in [0, 0.1) is 5.41 Å². The fourth-order valence-corrected chi connectivity index (χ4v) is 3.81. The molecule has 1 aliphatic rings. The molecule has 0 fully saturated rings. The van der Waals surface area contributed by atoms with Gasteiger partial charge in [-0.1, -0.05) is 52.9 Å². The quantitative estimate of drug-likeness (QED) is 0.293. The summed E-state index contributed by atoms with van der Waals surface area (Å²) in [5, 5.41) is 3.22. The van der Waals surface area contributed by atoms with E-state index in [-0.39, 0.29) is 17.9 Å². The Morgan fingerprint density at radius 2 is 1.74 bits per heavy atom. The number of benzene rings is 1. The van der Waals surface area contributed by atoms with Crippen LogP contribution in [0.25, 0.3) is 0 Å². The highest BCUT2D eigenvalue weighted by Crippen LogP contribution is 2.34. The minimum atomic E-state index is -0.234. The summed E-state index contributed by atoms with van der Waals surface area (Å²) >= 11 is 0. The lowest BCUT2D eigenvalue weighted by molar-refractivity contribution is -0.141. The lowest BCUT2D eigenvalue weighted by Crippen LogP contribution is -2.31. The van der Waals surface area contributed by atoms with E-state index in [1.54, 1.807) is 0 Å². The standard InChI is InChI=1S/C26H40N2O3/c1-5-7-8-9-10-11-16-31-24-14-12-21(13-15-24)28-23-17-22(18-26(3,4)19-23)27-20-25(29)30-6-2/h12-15,17,27H,5-11,16,18-20H2,1-4H3/b28-23-. The first-order chi connectivity index (χ1) is 14.9. The molecule has 5 nitrogen and oxygen atoms in total. The van der Waals surface area contributed by atoms with Gasteiger partial charge in [-0.05, 0) is 61.9 Å². The second-order valence-electron chi connectivity index (χ2n) is 9.06. The van der Waals surface area contributed by atoms with Gasteiger partial charge in [0.05, 0.1) is 18.9 Å². The lowest BCUT2D eigenvalue weighted by atomic mass is 9.78. The largest absolute Gasteiger partial charge is 0.494 e. The van der Waals surface area contributed by atoms with Crippen molar-refractivity contribution in [3.8, 4) is 5.75 Å². The van der Waals surface area contributed by atoms with Crippen LogP contribution in [0.2, 0.25) is 0 Å². The summed E-state index contributed by atoms with van der Waals surface area (Å²) in [7, 11) is 0. The highest BCUT2D eigenvalue weighted by Gasteiger charge is 2.26. The third-order valence-corrected chi connectivity index (χ3v) is 5.31. The van der Waals surface area contributed by atoms with Crippen molar-refractivity contribution in [2.45, 2.75) is 79.1 Å². The molecule has 0 saturated heterocycles. The maximum absolute atomic E-state index is 11.7. The van der Waals surface area contributed by atoms with Crippen LogP contribution >= 0.6 is 0 Å². The molecule has 1 aromatic carbocycles. The molecule has 0 amide bonds. The lowest BCUT2D eigenvalue weighted by Gasteiger charge is -2.31. The molecular weight excluding hydrogens is 388 g/mol. The first kappa shape index (κ1) is 25.0. The molecule has 0 saturated carbocycles. The second kappa shape index (κ2) is 13.2. The highest BCUT2D eigenvalue weighted by molar-refractivity contribution is 5.98. The fourth-order valence-electron chi connectivity index (χ4n) is 3.81. The van der Waals surface area contributed by atoms with E-state index in [9.17, 15) is 4.79 Å². The van der Waals surface area contributed by atoms with E-state index in [1.807, 2.05) is 31.2 Å². The molecule has 1 aromatic rings. The normalized spacial score (nSPS) is 16.6. The van der Waals surface area contributed by atoms with Gasteiger partial charge in [-0.25, -0.2) is 0 Å². The molecule has 2 rings (SSSR count). The molecule has 31 heavy (non-hydrogen) atoms. The SMILES string of the molecule is CCCCCCCCOc1ccc(/N=C2/C=C(NCC(=O)OCC)CC(C)(C)C2)cc1. The number of carbonyl (C=O) groups is 1. The van der Waals surface area contributed by atoms with Crippen LogP contribution in [0.15, 0.2) is 41.0 Å². The van der Waals surface area contributed by atoms with Gasteiger partial charge in [0, 0.05) is 11.4 Å². The van der Waals surface area contributed by atoms with Gasteiger partial charge in [0.1, 0.15) is 12.3 Å². The Balaban J connectivity index is 1.88. The maximum atomic E-state index is 11.7. The van der Waals surface area contributed by atoms with Gasteiger partial charge in [0.15, 0.2) is 0 Å². The monoisotopic (exact) mass is 428 g/mol. The number of allylic oxidation sites excluding steroid dienone is 2. The predicted octanol–water partition coefficient (Wildman–Crippen LogP) is 6.36. The number of hydrogen-bond donors (Lipinski definition) is 1. The zero-order chi connectivity index (χ0) is 22.5. The summed E-state index contributed by atoms with van der Waals surface area (Å²) < 4.78 is 10.9. The summed E-state index contributed by atoms with van der Waals surface area (Å²) in [4.78, 5) is 16.5. The number of aliphatic imine (C=N–C) groups is 1. The van der Waals surface area contributed by atoms with Crippen molar-refractivity contribution < 1.29 is 14.3 Å². The average Bonchev–Trinajstić information content (AvgIpc) is 2.72. The molecule has 0 heterocycles. The number of hydrogen-bond acceptors (Lipinski definition) is 5. The van der Waals surface area contributed by atoms with Crippen molar-refractivity contribution in [1.82, 2.24) is 5.32 Å². The van der Waals surface area contributed by atoms with Crippen LogP contribution in [0.5, 0.6) is 5.75 Å². The van der Waals surface area contributed by atoms with Crippen LogP contribution in [0.3, 0.4) is 0 Å². The topological polar surface area (TPSA) is 59.9 Å². The molecule has 172 valence electrons. The van der Waals surface area contributed by atoms with Crippen molar-refractivity contribution in [2.24, 2.45) is 10.4 Å². The van der Waals surface area contributed by atoms with Gasteiger partial charge in [0.25, 0.3) is 0 Å². The Labute approximate surface area is 188 Å². The highest BCUT2D eigenvalue weighted by atomic mass is 16.5. The van der Waals surface area contributed by atoms with E-state index in [0.717, 1.165) is 48.7 Å². The molecule has 0 atom stereocenters. The number of carbonyl (C=O) groups excluding carboxylic acids is 1. The Hall–Kier alpha value is -2.30. The maximum Gasteiger partial charge on any atom is 0.325 e. The second-order valence-corrected chi connectivity index (χ2v) is 9.06. The summed E-state index contributed by atoms with van der Waals surface area (Å²) in [6, 6.07) is 8.00.